The van der Waals surface area contributed by atoms with Crippen molar-refractivity contribution in [2.45, 2.75) is 32.4 Å². The Labute approximate surface area is 124 Å². The summed E-state index contributed by atoms with van der Waals surface area (Å²) in [4.78, 5) is 0. The van der Waals surface area contributed by atoms with Crippen LogP contribution in [-0.2, 0) is 0 Å². The molecule has 3 rings (SSSR count). The van der Waals surface area contributed by atoms with E-state index >= 15 is 0 Å². The fourth-order valence-electron chi connectivity index (χ4n) is 2.85. The van der Waals surface area contributed by atoms with Gasteiger partial charge in [-0.3, -0.25) is 0 Å². The van der Waals surface area contributed by atoms with E-state index in [9.17, 15) is 0 Å². The van der Waals surface area contributed by atoms with Crippen LogP contribution in [0.1, 0.15) is 40.8 Å². The molecule has 20 heavy (non-hydrogen) atoms. The molecule has 1 aliphatic rings. The van der Waals surface area contributed by atoms with E-state index in [-0.39, 0.29) is 12.1 Å². The van der Waals surface area contributed by atoms with E-state index in [1.165, 1.54) is 16.7 Å². The van der Waals surface area contributed by atoms with Crippen LogP contribution in [0.25, 0.3) is 0 Å². The van der Waals surface area contributed by atoms with Crippen molar-refractivity contribution < 1.29 is 4.74 Å². The third-order valence-corrected chi connectivity index (χ3v) is 4.12. The van der Waals surface area contributed by atoms with Crippen LogP contribution >= 0.6 is 11.6 Å². The second kappa shape index (κ2) is 5.12. The lowest BCUT2D eigenvalue weighted by atomic mass is 9.91. The van der Waals surface area contributed by atoms with Crippen molar-refractivity contribution in [3.05, 3.63) is 63.7 Å². The zero-order chi connectivity index (χ0) is 14.3. The molecule has 0 aliphatic carbocycles. The number of hydrogen-bond donors (Lipinski definition) is 1. The molecule has 2 aromatic rings. The van der Waals surface area contributed by atoms with E-state index in [2.05, 4.69) is 32.0 Å². The number of rotatable bonds is 1. The lowest BCUT2D eigenvalue weighted by molar-refractivity contribution is 0.161. The van der Waals surface area contributed by atoms with E-state index in [1.807, 2.05) is 18.2 Å². The first-order valence-corrected chi connectivity index (χ1v) is 7.21. The molecule has 1 unspecified atom stereocenters. The zero-order valence-electron chi connectivity index (χ0n) is 11.7. The minimum Gasteiger partial charge on any atom is -0.485 e. The quantitative estimate of drug-likeness (QED) is 0.839. The Kier molecular flexibility index (Phi) is 3.45. The zero-order valence-corrected chi connectivity index (χ0v) is 12.4. The minimum absolute atomic E-state index is 0.0132. The van der Waals surface area contributed by atoms with Gasteiger partial charge in [-0.25, -0.2) is 0 Å². The average Bonchev–Trinajstić information content (AvgIpc) is 2.39. The first-order chi connectivity index (χ1) is 9.54. The first-order valence-electron chi connectivity index (χ1n) is 6.83. The normalized spacial score (nSPS) is 21.2. The van der Waals surface area contributed by atoms with Gasteiger partial charge in [0.2, 0.25) is 0 Å². The van der Waals surface area contributed by atoms with Crippen LogP contribution < -0.4 is 10.5 Å². The van der Waals surface area contributed by atoms with Gasteiger partial charge >= 0.3 is 0 Å². The average molecular weight is 288 g/mol. The van der Waals surface area contributed by atoms with Gasteiger partial charge in [0.15, 0.2) is 0 Å². The molecule has 0 aromatic heterocycles. The molecule has 0 radical (unpaired) electrons. The maximum absolute atomic E-state index is 6.28. The molecule has 1 heterocycles. The van der Waals surface area contributed by atoms with Crippen molar-refractivity contribution >= 4 is 11.6 Å². The second-order valence-electron chi connectivity index (χ2n) is 5.49. The predicted molar refractivity (Wildman–Crippen MR) is 82.3 cm³/mol. The van der Waals surface area contributed by atoms with Gasteiger partial charge in [0, 0.05) is 23.0 Å². The second-order valence-corrected chi connectivity index (χ2v) is 5.93. The first kappa shape index (κ1) is 13.5. The lowest BCUT2D eigenvalue weighted by Crippen LogP contribution is -2.24. The summed E-state index contributed by atoms with van der Waals surface area (Å²) in [5, 5.41) is 0.702. The largest absolute Gasteiger partial charge is 0.485 e. The van der Waals surface area contributed by atoms with E-state index in [0.717, 1.165) is 17.7 Å². The van der Waals surface area contributed by atoms with Crippen molar-refractivity contribution in [1.82, 2.24) is 0 Å². The number of fused-ring (bicyclic) bond motifs is 1. The molecule has 0 saturated heterocycles. The molecule has 2 atom stereocenters. The topological polar surface area (TPSA) is 35.2 Å². The van der Waals surface area contributed by atoms with Gasteiger partial charge in [-0.1, -0.05) is 35.4 Å². The van der Waals surface area contributed by atoms with Gasteiger partial charge in [-0.15, -0.1) is 0 Å². The highest BCUT2D eigenvalue weighted by atomic mass is 35.5. The van der Waals surface area contributed by atoms with Crippen LogP contribution in [0.15, 0.2) is 36.4 Å². The number of halogens is 1. The molecule has 2 nitrogen and oxygen atoms in total. The highest BCUT2D eigenvalue weighted by molar-refractivity contribution is 6.30. The van der Waals surface area contributed by atoms with Gasteiger partial charge in [0.25, 0.3) is 0 Å². The van der Waals surface area contributed by atoms with Crippen molar-refractivity contribution in [2.75, 3.05) is 0 Å². The van der Waals surface area contributed by atoms with E-state index < -0.39 is 0 Å². The third kappa shape index (κ3) is 2.41. The van der Waals surface area contributed by atoms with E-state index in [1.54, 1.807) is 0 Å². The van der Waals surface area contributed by atoms with Crippen LogP contribution in [0.3, 0.4) is 0 Å². The van der Waals surface area contributed by atoms with E-state index in [0.29, 0.717) is 5.02 Å². The fourth-order valence-corrected chi connectivity index (χ4v) is 3.03. The number of nitrogens with two attached hydrogens (primary N) is 1. The molecule has 0 fully saturated rings. The third-order valence-electron chi connectivity index (χ3n) is 3.88. The molecule has 0 saturated carbocycles. The Morgan fingerprint density at radius 2 is 1.90 bits per heavy atom. The smallest absolute Gasteiger partial charge is 0.126 e. The number of benzene rings is 2. The van der Waals surface area contributed by atoms with Crippen LogP contribution in [0.5, 0.6) is 5.75 Å². The van der Waals surface area contributed by atoms with Crippen LogP contribution in [0, 0.1) is 13.8 Å². The molecule has 2 aromatic carbocycles. The Bertz CT molecular complexity index is 653. The maximum atomic E-state index is 6.28. The Morgan fingerprint density at radius 3 is 2.65 bits per heavy atom. The Hall–Kier alpha value is -1.51. The predicted octanol–water partition coefficient (Wildman–Crippen LogP) is 4.48. The highest BCUT2D eigenvalue weighted by Crippen LogP contribution is 2.41. The molecular weight excluding hydrogens is 270 g/mol. The highest BCUT2D eigenvalue weighted by Gasteiger charge is 2.28. The number of hydrogen-bond acceptors (Lipinski definition) is 2. The van der Waals surface area contributed by atoms with Crippen molar-refractivity contribution in [3.63, 3.8) is 0 Å². The standard InChI is InChI=1S/C17H18ClNO/c1-10-3-5-13(11(2)7-10)17-9-15(19)14-8-12(18)4-6-16(14)20-17/h3-8,15,17H,9,19H2,1-2H3/t15-,17?/m0/s1. The van der Waals surface area contributed by atoms with Gasteiger partial charge in [-0.2, -0.15) is 0 Å². The van der Waals surface area contributed by atoms with Crippen LogP contribution in [-0.4, -0.2) is 0 Å². The molecular formula is C17H18ClNO. The van der Waals surface area contributed by atoms with Gasteiger partial charge < -0.3 is 10.5 Å². The molecule has 3 heteroatoms. The summed E-state index contributed by atoms with van der Waals surface area (Å²) in [6.45, 7) is 4.22. The summed E-state index contributed by atoms with van der Waals surface area (Å²) in [6, 6.07) is 12.1. The van der Waals surface area contributed by atoms with Crippen molar-refractivity contribution in [2.24, 2.45) is 5.73 Å². The van der Waals surface area contributed by atoms with Gasteiger partial charge in [-0.05, 0) is 43.2 Å². The van der Waals surface area contributed by atoms with Crippen molar-refractivity contribution in [1.29, 1.82) is 0 Å². The Morgan fingerprint density at radius 1 is 1.10 bits per heavy atom. The minimum atomic E-state index is -0.0387. The Balaban J connectivity index is 1.97. The van der Waals surface area contributed by atoms with Crippen molar-refractivity contribution in [3.8, 4) is 5.75 Å². The fraction of sp³-hybridized carbons (Fsp3) is 0.294. The molecule has 1 aliphatic heterocycles. The summed E-state index contributed by atoms with van der Waals surface area (Å²) >= 11 is 6.03. The lowest BCUT2D eigenvalue weighted by Gasteiger charge is -2.31. The molecule has 0 spiro atoms. The maximum Gasteiger partial charge on any atom is 0.126 e. The molecule has 0 bridgehead atoms. The summed E-state index contributed by atoms with van der Waals surface area (Å²) in [6.07, 6.45) is 0.788. The van der Waals surface area contributed by atoms with Gasteiger partial charge in [0.05, 0.1) is 0 Å². The number of aryl methyl sites for hydroxylation is 2. The molecule has 104 valence electrons. The van der Waals surface area contributed by atoms with Crippen LogP contribution in [0.4, 0.5) is 0 Å². The summed E-state index contributed by atoms with van der Waals surface area (Å²) in [5.74, 6) is 0.845. The monoisotopic (exact) mass is 287 g/mol. The summed E-state index contributed by atoms with van der Waals surface area (Å²) < 4.78 is 6.13. The summed E-state index contributed by atoms with van der Waals surface area (Å²) in [5.41, 5.74) is 11.0. The molecule has 2 N–H and O–H groups in total. The van der Waals surface area contributed by atoms with E-state index in [4.69, 9.17) is 22.1 Å². The molecule has 0 amide bonds. The SMILES string of the molecule is Cc1ccc(C2C[C@H](N)c3cc(Cl)ccc3O2)c(C)c1. The van der Waals surface area contributed by atoms with Gasteiger partial charge in [0.1, 0.15) is 11.9 Å². The van der Waals surface area contributed by atoms with Crippen LogP contribution in [0.2, 0.25) is 5.02 Å². The summed E-state index contributed by atoms with van der Waals surface area (Å²) in [7, 11) is 0. The number of ether oxygens (including phenoxy) is 1.